The van der Waals surface area contributed by atoms with Crippen molar-refractivity contribution in [3.63, 3.8) is 0 Å². The topological polar surface area (TPSA) is 54.4 Å². The largest absolute Gasteiger partial charge is 0.396 e. The SMILES string of the molecule is C[C@@H](CO)C(=O)C(C)(C)C=O. The van der Waals surface area contributed by atoms with Crippen LogP contribution in [0.5, 0.6) is 0 Å². The Morgan fingerprint density at radius 2 is 2.09 bits per heavy atom. The molecule has 1 N–H and O–H groups in total. The van der Waals surface area contributed by atoms with Crippen molar-refractivity contribution >= 4 is 12.1 Å². The first kappa shape index (κ1) is 10.3. The number of hydrogen-bond donors (Lipinski definition) is 1. The van der Waals surface area contributed by atoms with E-state index in [4.69, 9.17) is 5.11 Å². The van der Waals surface area contributed by atoms with E-state index >= 15 is 0 Å². The van der Waals surface area contributed by atoms with Crippen molar-refractivity contribution in [2.45, 2.75) is 20.8 Å². The second-order valence-corrected chi connectivity index (χ2v) is 3.29. The number of rotatable bonds is 4. The molecule has 11 heavy (non-hydrogen) atoms. The molecule has 0 amide bonds. The third-order valence-corrected chi connectivity index (χ3v) is 1.65. The molecule has 0 saturated heterocycles. The number of ketones is 1. The van der Waals surface area contributed by atoms with E-state index in [-0.39, 0.29) is 12.4 Å². The molecule has 0 unspecified atom stereocenters. The van der Waals surface area contributed by atoms with Gasteiger partial charge in [-0.15, -0.1) is 0 Å². The first-order valence-corrected chi connectivity index (χ1v) is 3.57. The van der Waals surface area contributed by atoms with Gasteiger partial charge < -0.3 is 9.90 Å². The van der Waals surface area contributed by atoms with Gasteiger partial charge in [0.15, 0.2) is 5.78 Å². The number of Topliss-reactive ketones (excluding diaryl/α,β-unsaturated/α-hetero) is 1. The Hall–Kier alpha value is -0.700. The quantitative estimate of drug-likeness (QED) is 0.476. The van der Waals surface area contributed by atoms with Gasteiger partial charge in [-0.3, -0.25) is 4.79 Å². The molecule has 0 aromatic heterocycles. The normalized spacial score (nSPS) is 14.2. The van der Waals surface area contributed by atoms with Gasteiger partial charge in [-0.25, -0.2) is 0 Å². The van der Waals surface area contributed by atoms with Gasteiger partial charge in [-0.05, 0) is 13.8 Å². The highest BCUT2D eigenvalue weighted by molar-refractivity contribution is 5.98. The highest BCUT2D eigenvalue weighted by atomic mass is 16.3. The lowest BCUT2D eigenvalue weighted by atomic mass is 9.83. The third kappa shape index (κ3) is 2.42. The first-order chi connectivity index (χ1) is 4.95. The van der Waals surface area contributed by atoms with Crippen LogP contribution in [0.1, 0.15) is 20.8 Å². The second-order valence-electron chi connectivity index (χ2n) is 3.29. The summed E-state index contributed by atoms with van der Waals surface area (Å²) in [6.07, 6.45) is 0.613. The van der Waals surface area contributed by atoms with E-state index in [0.717, 1.165) is 0 Å². The molecule has 0 radical (unpaired) electrons. The Labute approximate surface area is 66.4 Å². The van der Waals surface area contributed by atoms with Crippen LogP contribution in [0.3, 0.4) is 0 Å². The highest BCUT2D eigenvalue weighted by Gasteiger charge is 2.30. The lowest BCUT2D eigenvalue weighted by molar-refractivity contribution is -0.136. The predicted molar refractivity (Wildman–Crippen MR) is 41.1 cm³/mol. The van der Waals surface area contributed by atoms with Crippen LogP contribution in [-0.2, 0) is 9.59 Å². The molecule has 64 valence electrons. The van der Waals surface area contributed by atoms with Crippen LogP contribution in [0.2, 0.25) is 0 Å². The fourth-order valence-corrected chi connectivity index (χ4v) is 0.776. The zero-order chi connectivity index (χ0) is 9.07. The molecule has 0 fully saturated rings. The number of carbonyl (C=O) groups excluding carboxylic acids is 2. The van der Waals surface area contributed by atoms with Crippen LogP contribution in [0.25, 0.3) is 0 Å². The van der Waals surface area contributed by atoms with Crippen LogP contribution in [0.15, 0.2) is 0 Å². The monoisotopic (exact) mass is 158 g/mol. The van der Waals surface area contributed by atoms with Crippen molar-refractivity contribution in [3.8, 4) is 0 Å². The zero-order valence-corrected chi connectivity index (χ0v) is 7.13. The average Bonchev–Trinajstić information content (AvgIpc) is 2.01. The summed E-state index contributed by atoms with van der Waals surface area (Å²) in [5.74, 6) is -0.662. The number of aldehydes is 1. The van der Waals surface area contributed by atoms with Gasteiger partial charge >= 0.3 is 0 Å². The summed E-state index contributed by atoms with van der Waals surface area (Å²) >= 11 is 0. The molecule has 0 bridgehead atoms. The van der Waals surface area contributed by atoms with Crippen molar-refractivity contribution in [2.24, 2.45) is 11.3 Å². The summed E-state index contributed by atoms with van der Waals surface area (Å²) in [5.41, 5.74) is -0.956. The smallest absolute Gasteiger partial charge is 0.150 e. The minimum atomic E-state index is -0.956. The number of carbonyl (C=O) groups is 2. The standard InChI is InChI=1S/C8H14O3/c1-6(4-9)7(11)8(2,3)5-10/h5-6,9H,4H2,1-3H3/t6-/m0/s1. The zero-order valence-electron chi connectivity index (χ0n) is 7.13. The van der Waals surface area contributed by atoms with E-state index in [1.54, 1.807) is 20.8 Å². The summed E-state index contributed by atoms with van der Waals surface area (Å²) in [6, 6.07) is 0. The molecule has 1 atom stereocenters. The molecule has 0 aromatic carbocycles. The molecular formula is C8H14O3. The highest BCUT2D eigenvalue weighted by Crippen LogP contribution is 2.17. The molecule has 3 nitrogen and oxygen atoms in total. The van der Waals surface area contributed by atoms with Crippen LogP contribution in [-0.4, -0.2) is 23.8 Å². The third-order valence-electron chi connectivity index (χ3n) is 1.65. The Morgan fingerprint density at radius 3 is 2.36 bits per heavy atom. The van der Waals surface area contributed by atoms with E-state index < -0.39 is 11.3 Å². The summed E-state index contributed by atoms with van der Waals surface area (Å²) in [4.78, 5) is 21.6. The van der Waals surface area contributed by atoms with Crippen molar-refractivity contribution < 1.29 is 14.7 Å². The van der Waals surface area contributed by atoms with Gasteiger partial charge in [0.25, 0.3) is 0 Å². The Bertz CT molecular complexity index is 161. The van der Waals surface area contributed by atoms with Crippen LogP contribution in [0, 0.1) is 11.3 Å². The second kappa shape index (κ2) is 3.62. The van der Waals surface area contributed by atoms with Crippen LogP contribution in [0.4, 0.5) is 0 Å². The van der Waals surface area contributed by atoms with Gasteiger partial charge in [-0.2, -0.15) is 0 Å². The Kier molecular flexibility index (Phi) is 3.39. The van der Waals surface area contributed by atoms with E-state index in [1.807, 2.05) is 0 Å². The number of hydrogen-bond acceptors (Lipinski definition) is 3. The average molecular weight is 158 g/mol. The van der Waals surface area contributed by atoms with Gasteiger partial charge in [0.1, 0.15) is 6.29 Å². The predicted octanol–water partition coefficient (Wildman–Crippen LogP) is 0.409. The van der Waals surface area contributed by atoms with Gasteiger partial charge in [0.05, 0.1) is 12.0 Å². The molecule has 0 rings (SSSR count). The minimum Gasteiger partial charge on any atom is -0.396 e. The molecular weight excluding hydrogens is 144 g/mol. The maximum atomic E-state index is 11.2. The van der Waals surface area contributed by atoms with E-state index in [1.165, 1.54) is 0 Å². The lowest BCUT2D eigenvalue weighted by Gasteiger charge is -2.18. The molecule has 0 aliphatic rings. The molecule has 0 aliphatic heterocycles. The molecule has 0 aromatic rings. The molecule has 0 aliphatic carbocycles. The number of aliphatic hydroxyl groups is 1. The maximum Gasteiger partial charge on any atom is 0.150 e. The van der Waals surface area contributed by atoms with Crippen molar-refractivity contribution in [1.29, 1.82) is 0 Å². The summed E-state index contributed by atoms with van der Waals surface area (Å²) in [5, 5.41) is 8.63. The maximum absolute atomic E-state index is 11.2. The molecule has 3 heteroatoms. The van der Waals surface area contributed by atoms with Gasteiger partial charge in [0.2, 0.25) is 0 Å². The van der Waals surface area contributed by atoms with E-state index in [9.17, 15) is 9.59 Å². The Morgan fingerprint density at radius 1 is 1.64 bits per heavy atom. The summed E-state index contributed by atoms with van der Waals surface area (Å²) < 4.78 is 0. The molecule has 0 spiro atoms. The van der Waals surface area contributed by atoms with Crippen molar-refractivity contribution in [3.05, 3.63) is 0 Å². The van der Waals surface area contributed by atoms with E-state index in [0.29, 0.717) is 6.29 Å². The van der Waals surface area contributed by atoms with Crippen molar-refractivity contribution in [1.82, 2.24) is 0 Å². The fraction of sp³-hybridized carbons (Fsp3) is 0.750. The van der Waals surface area contributed by atoms with Gasteiger partial charge in [-0.1, -0.05) is 6.92 Å². The van der Waals surface area contributed by atoms with Crippen LogP contribution < -0.4 is 0 Å². The first-order valence-electron chi connectivity index (χ1n) is 3.57. The van der Waals surface area contributed by atoms with Crippen LogP contribution >= 0.6 is 0 Å². The number of aliphatic hydroxyl groups excluding tert-OH is 1. The summed E-state index contributed by atoms with van der Waals surface area (Å²) in [6.45, 7) is 4.51. The molecule has 0 saturated carbocycles. The van der Waals surface area contributed by atoms with Gasteiger partial charge in [0, 0.05) is 5.92 Å². The van der Waals surface area contributed by atoms with E-state index in [2.05, 4.69) is 0 Å². The lowest BCUT2D eigenvalue weighted by Crippen LogP contribution is -2.32. The van der Waals surface area contributed by atoms with Crippen molar-refractivity contribution in [2.75, 3.05) is 6.61 Å². The Balaban J connectivity index is 4.35. The summed E-state index contributed by atoms with van der Waals surface area (Å²) in [7, 11) is 0. The minimum absolute atomic E-state index is 0.198. The fourth-order valence-electron chi connectivity index (χ4n) is 0.776. The molecule has 0 heterocycles.